The number of rotatable bonds is 3. The lowest BCUT2D eigenvalue weighted by molar-refractivity contribution is 0.0995. The fraction of sp³-hybridized carbons (Fsp3) is 0.222. The summed E-state index contributed by atoms with van der Waals surface area (Å²) in [4.78, 5) is 22.6. The number of carbonyl (C=O) groups excluding carboxylic acids is 1. The van der Waals surface area contributed by atoms with Gasteiger partial charge in [-0.05, 0) is 6.07 Å². The summed E-state index contributed by atoms with van der Waals surface area (Å²) in [6, 6.07) is 1.42. The fourth-order valence-corrected chi connectivity index (χ4v) is 1.12. The zero-order valence-corrected chi connectivity index (χ0v) is 8.54. The molecule has 0 radical (unpaired) electrons. The van der Waals surface area contributed by atoms with Gasteiger partial charge in [0.2, 0.25) is 11.7 Å². The summed E-state index contributed by atoms with van der Waals surface area (Å²) in [6.45, 7) is 1.89. The van der Waals surface area contributed by atoms with Crippen LogP contribution in [0.15, 0.2) is 16.9 Å². The molecule has 0 aliphatic heterocycles. The molecule has 0 aromatic carbocycles. The Hall–Kier alpha value is -2.31. The van der Waals surface area contributed by atoms with Crippen LogP contribution in [0.4, 0.5) is 0 Å². The van der Waals surface area contributed by atoms with Gasteiger partial charge in [-0.15, -0.1) is 0 Å². The minimum Gasteiger partial charge on any atom is -0.364 e. The molecule has 2 aromatic heterocycles. The number of aryl methyl sites for hydroxylation is 1. The molecule has 16 heavy (non-hydrogen) atoms. The third kappa shape index (κ3) is 1.88. The van der Waals surface area contributed by atoms with Gasteiger partial charge in [-0.1, -0.05) is 12.1 Å². The molecule has 7 nitrogen and oxygen atoms in total. The van der Waals surface area contributed by atoms with Crippen molar-refractivity contribution in [1.29, 1.82) is 0 Å². The van der Waals surface area contributed by atoms with Crippen molar-refractivity contribution in [2.45, 2.75) is 13.3 Å². The van der Waals surface area contributed by atoms with Crippen LogP contribution in [-0.4, -0.2) is 26.0 Å². The van der Waals surface area contributed by atoms with Crippen molar-refractivity contribution in [1.82, 2.24) is 20.1 Å². The summed E-state index contributed by atoms with van der Waals surface area (Å²) >= 11 is 0. The highest BCUT2D eigenvalue weighted by Crippen LogP contribution is 2.13. The maximum absolute atomic E-state index is 10.9. The highest BCUT2D eigenvalue weighted by molar-refractivity contribution is 5.91. The van der Waals surface area contributed by atoms with E-state index in [9.17, 15) is 4.79 Å². The third-order valence-electron chi connectivity index (χ3n) is 1.92. The lowest BCUT2D eigenvalue weighted by atomic mass is 10.3. The third-order valence-corrected chi connectivity index (χ3v) is 1.92. The van der Waals surface area contributed by atoms with E-state index in [1.54, 1.807) is 0 Å². The monoisotopic (exact) mass is 219 g/mol. The number of nitrogens with zero attached hydrogens (tertiary/aromatic N) is 4. The molecule has 0 unspecified atom stereocenters. The first-order chi connectivity index (χ1) is 7.70. The van der Waals surface area contributed by atoms with Crippen LogP contribution in [0.5, 0.6) is 0 Å². The fourth-order valence-electron chi connectivity index (χ4n) is 1.12. The van der Waals surface area contributed by atoms with Gasteiger partial charge in [0.25, 0.3) is 5.91 Å². The van der Waals surface area contributed by atoms with E-state index in [1.165, 1.54) is 12.4 Å². The van der Waals surface area contributed by atoms with Crippen molar-refractivity contribution in [3.05, 3.63) is 24.0 Å². The molecule has 0 saturated heterocycles. The van der Waals surface area contributed by atoms with Gasteiger partial charge in [0.05, 0.1) is 0 Å². The van der Waals surface area contributed by atoms with E-state index in [1.807, 2.05) is 6.92 Å². The number of primary amides is 1. The molecule has 0 spiro atoms. The van der Waals surface area contributed by atoms with E-state index in [0.29, 0.717) is 23.8 Å². The number of nitrogens with two attached hydrogens (primary N) is 1. The second-order valence-electron chi connectivity index (χ2n) is 3.02. The first kappa shape index (κ1) is 10.2. The molecule has 2 rings (SSSR count). The van der Waals surface area contributed by atoms with Gasteiger partial charge in [-0.3, -0.25) is 4.79 Å². The number of hydrogen-bond acceptors (Lipinski definition) is 6. The molecule has 0 saturated carbocycles. The maximum atomic E-state index is 10.9. The second-order valence-corrected chi connectivity index (χ2v) is 3.02. The van der Waals surface area contributed by atoms with Crippen molar-refractivity contribution in [3.8, 4) is 11.5 Å². The van der Waals surface area contributed by atoms with E-state index in [2.05, 4.69) is 20.1 Å². The van der Waals surface area contributed by atoms with Crippen LogP contribution in [0.3, 0.4) is 0 Å². The molecule has 2 aromatic rings. The van der Waals surface area contributed by atoms with Gasteiger partial charge in [-0.2, -0.15) is 4.98 Å². The summed E-state index contributed by atoms with van der Waals surface area (Å²) in [7, 11) is 0. The van der Waals surface area contributed by atoms with Crippen molar-refractivity contribution in [2.75, 3.05) is 0 Å². The second kappa shape index (κ2) is 4.05. The van der Waals surface area contributed by atoms with Crippen molar-refractivity contribution >= 4 is 5.91 Å². The van der Waals surface area contributed by atoms with Gasteiger partial charge in [0.1, 0.15) is 17.7 Å². The Labute approximate surface area is 90.7 Å². The van der Waals surface area contributed by atoms with E-state index in [4.69, 9.17) is 10.3 Å². The van der Waals surface area contributed by atoms with E-state index in [-0.39, 0.29) is 5.69 Å². The summed E-state index contributed by atoms with van der Waals surface area (Å²) in [6.07, 6.45) is 1.87. The predicted molar refractivity (Wildman–Crippen MR) is 53.2 cm³/mol. The average molecular weight is 219 g/mol. The Balaban J connectivity index is 2.40. The number of amides is 1. The smallest absolute Gasteiger partial charge is 0.267 e. The molecule has 7 heteroatoms. The molecule has 0 aliphatic rings. The van der Waals surface area contributed by atoms with Crippen LogP contribution >= 0.6 is 0 Å². The van der Waals surface area contributed by atoms with Crippen molar-refractivity contribution in [2.24, 2.45) is 5.73 Å². The molecule has 2 N–H and O–H groups in total. The Morgan fingerprint density at radius 3 is 2.94 bits per heavy atom. The molecule has 82 valence electrons. The van der Waals surface area contributed by atoms with Crippen LogP contribution in [0, 0.1) is 0 Å². The van der Waals surface area contributed by atoms with E-state index < -0.39 is 5.91 Å². The maximum Gasteiger partial charge on any atom is 0.267 e. The molecule has 0 aliphatic carbocycles. The van der Waals surface area contributed by atoms with Gasteiger partial charge in [0.15, 0.2) is 0 Å². The molecule has 2 heterocycles. The van der Waals surface area contributed by atoms with Crippen LogP contribution < -0.4 is 5.73 Å². The standard InChI is InChI=1S/C9H9N5O2/c1-2-7-13-9(14-16-7)6-3-5(8(10)15)11-4-12-6/h3-4H,2H2,1H3,(H2,10,15). The first-order valence-corrected chi connectivity index (χ1v) is 4.65. The van der Waals surface area contributed by atoms with Gasteiger partial charge >= 0.3 is 0 Å². The lowest BCUT2D eigenvalue weighted by Crippen LogP contribution is -2.13. The van der Waals surface area contributed by atoms with Crippen molar-refractivity contribution < 1.29 is 9.32 Å². The molecule has 0 fully saturated rings. The summed E-state index contributed by atoms with van der Waals surface area (Å²) in [5.41, 5.74) is 5.63. The zero-order chi connectivity index (χ0) is 11.5. The van der Waals surface area contributed by atoms with E-state index in [0.717, 1.165) is 0 Å². The lowest BCUT2D eigenvalue weighted by Gasteiger charge is -1.95. The minimum absolute atomic E-state index is 0.118. The SMILES string of the molecule is CCc1nc(-c2cc(C(N)=O)ncn2)no1. The first-order valence-electron chi connectivity index (χ1n) is 4.65. The topological polar surface area (TPSA) is 108 Å². The molecule has 0 bridgehead atoms. The van der Waals surface area contributed by atoms with Gasteiger partial charge in [-0.25, -0.2) is 9.97 Å². The van der Waals surface area contributed by atoms with Crippen LogP contribution in [-0.2, 0) is 6.42 Å². The Morgan fingerprint density at radius 1 is 1.50 bits per heavy atom. The van der Waals surface area contributed by atoms with Crippen LogP contribution in [0.2, 0.25) is 0 Å². The Kier molecular flexibility index (Phi) is 2.59. The Bertz CT molecular complexity index is 522. The van der Waals surface area contributed by atoms with Crippen LogP contribution in [0.25, 0.3) is 11.5 Å². The molecular weight excluding hydrogens is 210 g/mol. The minimum atomic E-state index is -0.622. The van der Waals surface area contributed by atoms with Crippen LogP contribution in [0.1, 0.15) is 23.3 Å². The van der Waals surface area contributed by atoms with Gasteiger partial charge in [0, 0.05) is 6.42 Å². The molecule has 0 atom stereocenters. The number of carbonyl (C=O) groups is 1. The summed E-state index contributed by atoms with van der Waals surface area (Å²) in [5.74, 6) is 0.207. The zero-order valence-electron chi connectivity index (χ0n) is 8.54. The number of aromatic nitrogens is 4. The Morgan fingerprint density at radius 2 is 2.31 bits per heavy atom. The molecular formula is C9H9N5O2. The summed E-state index contributed by atoms with van der Waals surface area (Å²) in [5, 5.41) is 3.73. The highest BCUT2D eigenvalue weighted by Gasteiger charge is 2.11. The highest BCUT2D eigenvalue weighted by atomic mass is 16.5. The predicted octanol–water partition coefficient (Wildman–Crippen LogP) is 0.188. The largest absolute Gasteiger partial charge is 0.364 e. The number of hydrogen-bond donors (Lipinski definition) is 1. The average Bonchev–Trinajstić information content (AvgIpc) is 2.77. The normalized spacial score (nSPS) is 10.3. The van der Waals surface area contributed by atoms with Crippen molar-refractivity contribution in [3.63, 3.8) is 0 Å². The quantitative estimate of drug-likeness (QED) is 0.789. The molecule has 1 amide bonds. The van der Waals surface area contributed by atoms with E-state index >= 15 is 0 Å². The summed E-state index contributed by atoms with van der Waals surface area (Å²) < 4.78 is 4.93. The van der Waals surface area contributed by atoms with Gasteiger partial charge < -0.3 is 10.3 Å².